The monoisotopic (exact) mass is 360 g/mol. The Bertz CT molecular complexity index is 702. The van der Waals surface area contributed by atoms with E-state index in [9.17, 15) is 9.59 Å². The number of hydrogen-bond acceptors (Lipinski definition) is 3. The minimum atomic E-state index is -0.740. The van der Waals surface area contributed by atoms with Gasteiger partial charge in [-0.05, 0) is 35.7 Å². The summed E-state index contributed by atoms with van der Waals surface area (Å²) in [5.41, 5.74) is 1.48. The zero-order valence-electron chi connectivity index (χ0n) is 14.2. The van der Waals surface area contributed by atoms with E-state index in [2.05, 4.69) is 10.6 Å². The molecule has 2 aromatic rings. The van der Waals surface area contributed by atoms with Crippen LogP contribution in [0.1, 0.15) is 19.4 Å². The van der Waals surface area contributed by atoms with Crippen molar-refractivity contribution in [2.24, 2.45) is 5.92 Å². The SMILES string of the molecule is CC(C)[C@@H](NC(=O)Nc1ccccc1)C(=O)OCc1ccc(Cl)cc1. The second kappa shape index (κ2) is 9.08. The van der Waals surface area contributed by atoms with Crippen LogP contribution >= 0.6 is 11.6 Å². The first-order chi connectivity index (χ1) is 12.0. The molecule has 25 heavy (non-hydrogen) atoms. The van der Waals surface area contributed by atoms with E-state index >= 15 is 0 Å². The number of ether oxygens (including phenoxy) is 1. The third kappa shape index (κ3) is 6.12. The number of carbonyl (C=O) groups is 2. The maximum Gasteiger partial charge on any atom is 0.329 e. The van der Waals surface area contributed by atoms with Crippen LogP contribution in [0, 0.1) is 5.92 Å². The summed E-state index contributed by atoms with van der Waals surface area (Å²) in [6.45, 7) is 3.81. The lowest BCUT2D eigenvalue weighted by molar-refractivity contribution is -0.148. The molecular formula is C19H21ClN2O3. The molecule has 0 radical (unpaired) electrons. The molecule has 2 rings (SSSR count). The zero-order chi connectivity index (χ0) is 18.2. The summed E-state index contributed by atoms with van der Waals surface area (Å²) in [5.74, 6) is -0.590. The van der Waals surface area contributed by atoms with Crippen LogP contribution in [0.3, 0.4) is 0 Å². The van der Waals surface area contributed by atoms with Crippen molar-refractivity contribution in [3.05, 3.63) is 65.2 Å². The average molecular weight is 361 g/mol. The van der Waals surface area contributed by atoms with Crippen LogP contribution in [0.5, 0.6) is 0 Å². The Labute approximate surface area is 152 Å². The second-order valence-electron chi connectivity index (χ2n) is 5.92. The third-order valence-corrected chi connectivity index (χ3v) is 3.79. The Morgan fingerprint density at radius 1 is 1.04 bits per heavy atom. The van der Waals surface area contributed by atoms with Gasteiger partial charge in [-0.3, -0.25) is 0 Å². The standard InChI is InChI=1S/C19H21ClN2O3/c1-13(2)17(22-19(24)21-16-6-4-3-5-7-16)18(23)25-12-14-8-10-15(20)11-9-14/h3-11,13,17H,12H2,1-2H3,(H2,21,22,24)/t17-/m1/s1. The van der Waals surface area contributed by atoms with Crippen molar-refractivity contribution in [1.82, 2.24) is 5.32 Å². The molecule has 0 aliphatic rings. The van der Waals surface area contributed by atoms with Crippen LogP contribution in [0.25, 0.3) is 0 Å². The van der Waals surface area contributed by atoms with Crippen LogP contribution in [0.15, 0.2) is 54.6 Å². The number of benzene rings is 2. The summed E-state index contributed by atoms with van der Waals surface area (Å²) in [5, 5.41) is 5.97. The van der Waals surface area contributed by atoms with E-state index in [0.717, 1.165) is 5.56 Å². The first-order valence-electron chi connectivity index (χ1n) is 7.99. The molecule has 0 aliphatic carbocycles. The normalized spacial score (nSPS) is 11.7. The van der Waals surface area contributed by atoms with Gasteiger partial charge in [-0.2, -0.15) is 0 Å². The topological polar surface area (TPSA) is 67.4 Å². The van der Waals surface area contributed by atoms with Crippen molar-refractivity contribution in [3.63, 3.8) is 0 Å². The summed E-state index contributed by atoms with van der Waals surface area (Å²) >= 11 is 5.83. The highest BCUT2D eigenvalue weighted by molar-refractivity contribution is 6.30. The maximum absolute atomic E-state index is 12.3. The molecule has 2 amide bonds. The Kier molecular flexibility index (Phi) is 6.83. The van der Waals surface area contributed by atoms with Gasteiger partial charge in [0.05, 0.1) is 0 Å². The predicted octanol–water partition coefficient (Wildman–Crippen LogP) is 4.23. The van der Waals surface area contributed by atoms with Gasteiger partial charge in [0.25, 0.3) is 0 Å². The first-order valence-corrected chi connectivity index (χ1v) is 8.37. The molecule has 0 fully saturated rings. The fraction of sp³-hybridized carbons (Fsp3) is 0.263. The Hall–Kier alpha value is -2.53. The molecule has 6 heteroatoms. The number of esters is 1. The van der Waals surface area contributed by atoms with Crippen molar-refractivity contribution >= 4 is 29.3 Å². The van der Waals surface area contributed by atoms with Gasteiger partial charge in [-0.15, -0.1) is 0 Å². The Morgan fingerprint density at radius 2 is 1.68 bits per heavy atom. The highest BCUT2D eigenvalue weighted by Gasteiger charge is 2.25. The summed E-state index contributed by atoms with van der Waals surface area (Å²) < 4.78 is 5.32. The zero-order valence-corrected chi connectivity index (χ0v) is 14.9. The fourth-order valence-corrected chi connectivity index (χ4v) is 2.28. The number of carbonyl (C=O) groups excluding carboxylic acids is 2. The van der Waals surface area contributed by atoms with E-state index in [-0.39, 0.29) is 12.5 Å². The molecule has 2 N–H and O–H groups in total. The molecule has 5 nitrogen and oxygen atoms in total. The van der Waals surface area contributed by atoms with Gasteiger partial charge < -0.3 is 15.4 Å². The van der Waals surface area contributed by atoms with Gasteiger partial charge in [-0.1, -0.05) is 55.8 Å². The minimum absolute atomic E-state index is 0.112. The van der Waals surface area contributed by atoms with Gasteiger partial charge in [-0.25, -0.2) is 9.59 Å². The first kappa shape index (κ1) is 18.8. The highest BCUT2D eigenvalue weighted by atomic mass is 35.5. The molecule has 0 saturated heterocycles. The number of amides is 2. The van der Waals surface area contributed by atoms with Crippen LogP contribution in [0.4, 0.5) is 10.5 Å². The van der Waals surface area contributed by atoms with Gasteiger partial charge in [0.2, 0.25) is 0 Å². The summed E-state index contributed by atoms with van der Waals surface area (Å²) in [6.07, 6.45) is 0. The molecule has 132 valence electrons. The number of para-hydroxylation sites is 1. The molecule has 1 atom stereocenters. The second-order valence-corrected chi connectivity index (χ2v) is 6.36. The number of rotatable bonds is 6. The van der Waals surface area contributed by atoms with Gasteiger partial charge >= 0.3 is 12.0 Å². The summed E-state index contributed by atoms with van der Waals surface area (Å²) in [7, 11) is 0. The fourth-order valence-electron chi connectivity index (χ4n) is 2.15. The van der Waals surface area contributed by atoms with E-state index in [1.165, 1.54) is 0 Å². The molecule has 0 bridgehead atoms. The number of nitrogens with one attached hydrogen (secondary N) is 2. The van der Waals surface area contributed by atoms with Crippen LogP contribution in [-0.2, 0) is 16.1 Å². The van der Waals surface area contributed by atoms with Crippen LogP contribution < -0.4 is 10.6 Å². The number of halogens is 1. The number of hydrogen-bond donors (Lipinski definition) is 2. The lowest BCUT2D eigenvalue weighted by Crippen LogP contribution is -2.47. The molecule has 0 spiro atoms. The molecule has 0 saturated carbocycles. The molecule has 0 unspecified atom stereocenters. The third-order valence-electron chi connectivity index (χ3n) is 3.53. The highest BCUT2D eigenvalue weighted by Crippen LogP contribution is 2.12. The quantitative estimate of drug-likeness (QED) is 0.757. The average Bonchev–Trinajstić information content (AvgIpc) is 2.59. The molecular weight excluding hydrogens is 340 g/mol. The minimum Gasteiger partial charge on any atom is -0.459 e. The largest absolute Gasteiger partial charge is 0.459 e. The number of urea groups is 1. The van der Waals surface area contributed by atoms with Gasteiger partial charge in [0, 0.05) is 10.7 Å². The summed E-state index contributed by atoms with van der Waals surface area (Å²) in [4.78, 5) is 24.4. The van der Waals surface area contributed by atoms with Gasteiger partial charge in [0.15, 0.2) is 0 Å². The van der Waals surface area contributed by atoms with Crippen molar-refractivity contribution < 1.29 is 14.3 Å². The van der Waals surface area contributed by atoms with Crippen LogP contribution in [-0.4, -0.2) is 18.0 Å². The van der Waals surface area contributed by atoms with E-state index in [0.29, 0.717) is 10.7 Å². The Balaban J connectivity index is 1.91. The van der Waals surface area contributed by atoms with E-state index < -0.39 is 18.0 Å². The van der Waals surface area contributed by atoms with E-state index in [4.69, 9.17) is 16.3 Å². The number of anilines is 1. The Morgan fingerprint density at radius 3 is 2.28 bits per heavy atom. The smallest absolute Gasteiger partial charge is 0.329 e. The molecule has 2 aromatic carbocycles. The van der Waals surface area contributed by atoms with Gasteiger partial charge in [0.1, 0.15) is 12.6 Å². The van der Waals surface area contributed by atoms with E-state index in [1.54, 1.807) is 36.4 Å². The predicted molar refractivity (Wildman–Crippen MR) is 98.5 cm³/mol. The molecule has 0 heterocycles. The lowest BCUT2D eigenvalue weighted by atomic mass is 10.1. The van der Waals surface area contributed by atoms with Crippen molar-refractivity contribution in [2.75, 3.05) is 5.32 Å². The van der Waals surface area contributed by atoms with Crippen molar-refractivity contribution in [3.8, 4) is 0 Å². The van der Waals surface area contributed by atoms with Crippen LogP contribution in [0.2, 0.25) is 5.02 Å². The summed E-state index contributed by atoms with van der Waals surface area (Å²) in [6, 6.07) is 14.9. The van der Waals surface area contributed by atoms with Crippen molar-refractivity contribution in [1.29, 1.82) is 0 Å². The maximum atomic E-state index is 12.3. The molecule has 0 aromatic heterocycles. The van der Waals surface area contributed by atoms with E-state index in [1.807, 2.05) is 32.0 Å². The lowest BCUT2D eigenvalue weighted by Gasteiger charge is -2.21. The molecule has 0 aliphatic heterocycles. The van der Waals surface area contributed by atoms with Crippen molar-refractivity contribution in [2.45, 2.75) is 26.5 Å².